The number of alkyl halides is 1. The Morgan fingerprint density at radius 1 is 1.00 bits per heavy atom. The zero-order valence-electron chi connectivity index (χ0n) is 5.65. The summed E-state index contributed by atoms with van der Waals surface area (Å²) in [6.45, 7) is 0. The average Bonchev–Trinajstić information content (AvgIpc) is 2.25. The molecule has 0 aromatic rings. The zero-order valence-corrected chi connectivity index (χ0v) is 7.23. The van der Waals surface area contributed by atoms with E-state index in [2.05, 4.69) is 15.9 Å². The quantitative estimate of drug-likeness (QED) is 0.514. The molecule has 2 aliphatic rings. The largest absolute Gasteiger partial charge is 0.0888 e. The fourth-order valence-corrected chi connectivity index (χ4v) is 3.08. The molecule has 1 heteroatoms. The minimum absolute atomic E-state index is 0.872. The monoisotopic (exact) mass is 188 g/mol. The van der Waals surface area contributed by atoms with Crippen LogP contribution in [0.1, 0.15) is 32.1 Å². The van der Waals surface area contributed by atoms with Gasteiger partial charge in [-0.05, 0) is 37.5 Å². The van der Waals surface area contributed by atoms with E-state index >= 15 is 0 Å². The summed E-state index contributed by atoms with van der Waals surface area (Å²) < 4.78 is 0. The highest BCUT2D eigenvalue weighted by molar-refractivity contribution is 9.09. The molecule has 2 bridgehead atoms. The number of fused-ring (bicyclic) bond motifs is 2. The third-order valence-electron chi connectivity index (χ3n) is 2.94. The van der Waals surface area contributed by atoms with Crippen molar-refractivity contribution >= 4 is 15.9 Å². The summed E-state index contributed by atoms with van der Waals surface area (Å²) in [5, 5.41) is 0. The molecule has 0 spiro atoms. The fraction of sp³-hybridized carbons (Fsp3) is 1.00. The van der Waals surface area contributed by atoms with E-state index in [9.17, 15) is 0 Å². The first-order valence-electron chi connectivity index (χ1n) is 4.00. The maximum absolute atomic E-state index is 3.74. The summed E-state index contributed by atoms with van der Waals surface area (Å²) >= 11 is 3.74. The molecule has 2 rings (SSSR count). The van der Waals surface area contributed by atoms with Gasteiger partial charge in [0.1, 0.15) is 0 Å². The first-order valence-corrected chi connectivity index (χ1v) is 4.92. The Morgan fingerprint density at radius 3 is 2.56 bits per heavy atom. The minimum atomic E-state index is 0.872. The number of halogens is 1. The lowest BCUT2D eigenvalue weighted by Crippen LogP contribution is -2.16. The Bertz CT molecular complexity index is 111. The van der Waals surface area contributed by atoms with Crippen LogP contribution in [0.2, 0.25) is 0 Å². The lowest BCUT2D eigenvalue weighted by molar-refractivity contribution is 0.373. The van der Waals surface area contributed by atoms with Crippen LogP contribution >= 0.6 is 15.9 Å². The average molecular weight is 189 g/mol. The molecule has 0 saturated heterocycles. The van der Waals surface area contributed by atoms with Crippen LogP contribution in [0.25, 0.3) is 0 Å². The van der Waals surface area contributed by atoms with Crippen molar-refractivity contribution in [2.24, 2.45) is 11.8 Å². The third kappa shape index (κ3) is 1.04. The van der Waals surface area contributed by atoms with Gasteiger partial charge in [-0.2, -0.15) is 0 Å². The SMILES string of the molecule is Br[C@@H]1CC[C@H]2CC[C@@H]1C2. The molecule has 0 unspecified atom stereocenters. The van der Waals surface area contributed by atoms with Crippen molar-refractivity contribution in [2.75, 3.05) is 0 Å². The highest BCUT2D eigenvalue weighted by Crippen LogP contribution is 2.44. The number of hydrogen-bond acceptors (Lipinski definition) is 0. The van der Waals surface area contributed by atoms with Crippen molar-refractivity contribution in [3.05, 3.63) is 0 Å². The van der Waals surface area contributed by atoms with Crippen LogP contribution in [0.3, 0.4) is 0 Å². The van der Waals surface area contributed by atoms with Crippen LogP contribution in [0.5, 0.6) is 0 Å². The van der Waals surface area contributed by atoms with Gasteiger partial charge in [-0.3, -0.25) is 0 Å². The van der Waals surface area contributed by atoms with Crippen LogP contribution < -0.4 is 0 Å². The van der Waals surface area contributed by atoms with Crippen molar-refractivity contribution in [2.45, 2.75) is 36.9 Å². The Balaban J connectivity index is 2.05. The summed E-state index contributed by atoms with van der Waals surface area (Å²) in [6.07, 6.45) is 7.48. The van der Waals surface area contributed by atoms with Crippen LogP contribution in [0.15, 0.2) is 0 Å². The van der Waals surface area contributed by atoms with Gasteiger partial charge in [-0.1, -0.05) is 22.4 Å². The maximum Gasteiger partial charge on any atom is 0.0174 e. The van der Waals surface area contributed by atoms with E-state index in [0.717, 1.165) is 16.7 Å². The Labute approximate surface area is 65.1 Å². The summed E-state index contributed by atoms with van der Waals surface area (Å²) in [4.78, 5) is 0.872. The van der Waals surface area contributed by atoms with Gasteiger partial charge < -0.3 is 0 Å². The lowest BCUT2D eigenvalue weighted by atomic mass is 9.89. The predicted molar refractivity (Wildman–Crippen MR) is 42.8 cm³/mol. The van der Waals surface area contributed by atoms with Gasteiger partial charge in [0.2, 0.25) is 0 Å². The first kappa shape index (κ1) is 6.21. The van der Waals surface area contributed by atoms with Gasteiger partial charge in [-0.25, -0.2) is 0 Å². The molecular formula is C8H13Br. The first-order chi connectivity index (χ1) is 4.36. The van der Waals surface area contributed by atoms with Crippen LogP contribution in [0.4, 0.5) is 0 Å². The van der Waals surface area contributed by atoms with Crippen molar-refractivity contribution in [1.29, 1.82) is 0 Å². The molecular weight excluding hydrogens is 176 g/mol. The second-order valence-corrected chi connectivity index (χ2v) is 4.71. The molecule has 0 aromatic carbocycles. The lowest BCUT2D eigenvalue weighted by Gasteiger charge is -2.23. The molecule has 3 atom stereocenters. The molecule has 0 aromatic heterocycles. The molecule has 0 aliphatic heterocycles. The van der Waals surface area contributed by atoms with Gasteiger partial charge in [0.25, 0.3) is 0 Å². The van der Waals surface area contributed by atoms with Crippen LogP contribution in [-0.4, -0.2) is 4.83 Å². The van der Waals surface area contributed by atoms with Gasteiger partial charge in [-0.15, -0.1) is 0 Å². The number of hydrogen-bond donors (Lipinski definition) is 0. The van der Waals surface area contributed by atoms with Crippen molar-refractivity contribution in [1.82, 2.24) is 0 Å². The highest BCUT2D eigenvalue weighted by Gasteiger charge is 2.33. The zero-order chi connectivity index (χ0) is 6.27. The summed E-state index contributed by atoms with van der Waals surface area (Å²) in [6, 6.07) is 0. The molecule has 0 radical (unpaired) electrons. The van der Waals surface area contributed by atoms with Crippen molar-refractivity contribution in [3.63, 3.8) is 0 Å². The topological polar surface area (TPSA) is 0 Å². The molecule has 0 amide bonds. The molecule has 0 heterocycles. The smallest absolute Gasteiger partial charge is 0.0174 e. The summed E-state index contributed by atoms with van der Waals surface area (Å²) in [7, 11) is 0. The van der Waals surface area contributed by atoms with Crippen molar-refractivity contribution in [3.8, 4) is 0 Å². The summed E-state index contributed by atoms with van der Waals surface area (Å²) in [5.41, 5.74) is 0. The fourth-order valence-electron chi connectivity index (χ4n) is 2.33. The molecule has 2 fully saturated rings. The molecule has 2 saturated carbocycles. The second-order valence-electron chi connectivity index (χ2n) is 3.53. The van der Waals surface area contributed by atoms with E-state index in [1.54, 1.807) is 0 Å². The standard InChI is InChI=1S/C8H13Br/c9-8-4-2-6-1-3-7(8)5-6/h6-8H,1-5H2/t6-,7-,8-/m1/s1. The Morgan fingerprint density at radius 2 is 1.78 bits per heavy atom. The van der Waals surface area contributed by atoms with Gasteiger partial charge in [0, 0.05) is 4.83 Å². The third-order valence-corrected chi connectivity index (χ3v) is 4.15. The van der Waals surface area contributed by atoms with E-state index in [4.69, 9.17) is 0 Å². The highest BCUT2D eigenvalue weighted by atomic mass is 79.9. The molecule has 0 N–H and O–H groups in total. The van der Waals surface area contributed by atoms with E-state index in [-0.39, 0.29) is 0 Å². The van der Waals surface area contributed by atoms with E-state index < -0.39 is 0 Å². The van der Waals surface area contributed by atoms with E-state index in [1.165, 1.54) is 32.1 Å². The van der Waals surface area contributed by atoms with E-state index in [0.29, 0.717) is 0 Å². The van der Waals surface area contributed by atoms with Crippen molar-refractivity contribution < 1.29 is 0 Å². The van der Waals surface area contributed by atoms with Gasteiger partial charge in [0.15, 0.2) is 0 Å². The maximum atomic E-state index is 3.74. The molecule has 52 valence electrons. The minimum Gasteiger partial charge on any atom is -0.0888 e. The molecule has 0 nitrogen and oxygen atoms in total. The summed E-state index contributed by atoms with van der Waals surface area (Å²) in [5.74, 6) is 2.16. The molecule has 9 heavy (non-hydrogen) atoms. The van der Waals surface area contributed by atoms with Crippen LogP contribution in [-0.2, 0) is 0 Å². The second kappa shape index (κ2) is 2.26. The van der Waals surface area contributed by atoms with Crippen LogP contribution in [0, 0.1) is 11.8 Å². The van der Waals surface area contributed by atoms with Gasteiger partial charge >= 0.3 is 0 Å². The molecule has 2 aliphatic carbocycles. The Hall–Kier alpha value is 0.480. The van der Waals surface area contributed by atoms with E-state index in [1.807, 2.05) is 0 Å². The van der Waals surface area contributed by atoms with Gasteiger partial charge in [0.05, 0.1) is 0 Å². The normalized spacial score (nSPS) is 49.7. The Kier molecular flexibility index (Phi) is 1.56. The predicted octanol–water partition coefficient (Wildman–Crippen LogP) is 2.96. The number of rotatable bonds is 0.